The van der Waals surface area contributed by atoms with Crippen LogP contribution in [0, 0.1) is 16.0 Å². The van der Waals surface area contributed by atoms with E-state index in [0.29, 0.717) is 19.4 Å². The molecule has 130 valence electrons. The van der Waals surface area contributed by atoms with Gasteiger partial charge in [-0.05, 0) is 31.9 Å². The molecule has 1 N–H and O–H groups in total. The summed E-state index contributed by atoms with van der Waals surface area (Å²) in [7, 11) is 0. The Bertz CT molecular complexity index is 665. The van der Waals surface area contributed by atoms with Gasteiger partial charge in [0.25, 0.3) is 5.91 Å². The van der Waals surface area contributed by atoms with Crippen molar-refractivity contribution in [1.82, 2.24) is 4.90 Å². The van der Waals surface area contributed by atoms with Crippen molar-refractivity contribution in [3.8, 4) is 5.75 Å². The Balaban J connectivity index is 2.09. The summed E-state index contributed by atoms with van der Waals surface area (Å²) in [6, 6.07) is 3.92. The van der Waals surface area contributed by atoms with Crippen molar-refractivity contribution in [2.75, 3.05) is 13.1 Å². The highest BCUT2D eigenvalue weighted by Crippen LogP contribution is 2.31. The summed E-state index contributed by atoms with van der Waals surface area (Å²) in [5, 5.41) is 20.3. The lowest BCUT2D eigenvalue weighted by Gasteiger charge is -2.32. The second kappa shape index (κ2) is 7.48. The Morgan fingerprint density at radius 3 is 2.83 bits per heavy atom. The van der Waals surface area contributed by atoms with Gasteiger partial charge in [0, 0.05) is 24.2 Å². The number of carboxylic acid groups (broad SMARTS) is 1. The number of nitro benzene ring substituents is 1. The van der Waals surface area contributed by atoms with Crippen LogP contribution in [-0.4, -0.2) is 46.0 Å². The van der Waals surface area contributed by atoms with Gasteiger partial charge in [0.2, 0.25) is 0 Å². The number of ether oxygens (including phenoxy) is 1. The number of nitro groups is 1. The van der Waals surface area contributed by atoms with Gasteiger partial charge in [-0.25, -0.2) is 0 Å². The molecule has 1 fully saturated rings. The summed E-state index contributed by atoms with van der Waals surface area (Å²) in [4.78, 5) is 35.3. The molecule has 9 heteroatoms. The van der Waals surface area contributed by atoms with Crippen molar-refractivity contribution in [1.29, 1.82) is 0 Å². The van der Waals surface area contributed by atoms with Crippen molar-refractivity contribution in [2.45, 2.75) is 25.9 Å². The molecule has 0 saturated carbocycles. The predicted molar refractivity (Wildman–Crippen MR) is 85.1 cm³/mol. The molecule has 1 heterocycles. The molecule has 1 aliphatic rings. The zero-order valence-corrected chi connectivity index (χ0v) is 13.7. The van der Waals surface area contributed by atoms with Gasteiger partial charge in [0.1, 0.15) is 0 Å². The van der Waals surface area contributed by atoms with E-state index in [1.54, 1.807) is 0 Å². The number of halogens is 1. The van der Waals surface area contributed by atoms with Gasteiger partial charge < -0.3 is 14.7 Å². The van der Waals surface area contributed by atoms with Crippen LogP contribution in [0.15, 0.2) is 18.2 Å². The number of likely N-dealkylation sites (tertiary alicyclic amines) is 1. The van der Waals surface area contributed by atoms with Crippen LogP contribution in [0.5, 0.6) is 5.75 Å². The fourth-order valence-corrected chi connectivity index (χ4v) is 2.78. The number of hydrogen-bond acceptors (Lipinski definition) is 5. The van der Waals surface area contributed by atoms with Crippen molar-refractivity contribution in [3.05, 3.63) is 33.3 Å². The van der Waals surface area contributed by atoms with Gasteiger partial charge in [-0.1, -0.05) is 11.6 Å². The number of aliphatic carboxylic acids is 1. The van der Waals surface area contributed by atoms with Crippen LogP contribution in [0.2, 0.25) is 5.02 Å². The number of benzene rings is 1. The van der Waals surface area contributed by atoms with Crippen LogP contribution < -0.4 is 4.74 Å². The standard InChI is InChI=1S/C15H17ClN2O6/c1-9(14(19)17-6-2-3-10(8-17)15(20)21)24-13-5-4-11(16)7-12(13)18(22)23/h4-5,7,9-10H,2-3,6,8H2,1H3,(H,20,21). The molecule has 2 rings (SSSR count). The smallest absolute Gasteiger partial charge is 0.312 e. The largest absolute Gasteiger partial charge is 0.481 e. The molecule has 2 unspecified atom stereocenters. The minimum Gasteiger partial charge on any atom is -0.481 e. The van der Waals surface area contributed by atoms with Crippen LogP contribution in [0.25, 0.3) is 0 Å². The Labute approximate surface area is 143 Å². The molecule has 0 bridgehead atoms. The average molecular weight is 357 g/mol. The monoisotopic (exact) mass is 356 g/mol. The first kappa shape index (κ1) is 18.0. The summed E-state index contributed by atoms with van der Waals surface area (Å²) in [5.74, 6) is -1.99. The summed E-state index contributed by atoms with van der Waals surface area (Å²) in [6.07, 6.45) is 0.144. The number of carbonyl (C=O) groups is 2. The SMILES string of the molecule is CC(Oc1ccc(Cl)cc1[N+](=O)[O-])C(=O)N1CCCC(C(=O)O)C1. The van der Waals surface area contributed by atoms with Gasteiger partial charge in [0.05, 0.1) is 10.8 Å². The maximum atomic E-state index is 12.4. The molecular formula is C15H17ClN2O6. The molecule has 2 atom stereocenters. The van der Waals surface area contributed by atoms with Crippen molar-refractivity contribution in [3.63, 3.8) is 0 Å². The second-order valence-electron chi connectivity index (χ2n) is 5.59. The second-order valence-corrected chi connectivity index (χ2v) is 6.03. The van der Waals surface area contributed by atoms with E-state index >= 15 is 0 Å². The molecule has 24 heavy (non-hydrogen) atoms. The molecule has 1 amide bonds. The highest BCUT2D eigenvalue weighted by molar-refractivity contribution is 6.30. The molecule has 1 aromatic rings. The van der Waals surface area contributed by atoms with Crippen LogP contribution in [0.4, 0.5) is 5.69 Å². The molecule has 0 spiro atoms. The number of amides is 1. The molecule has 1 aromatic carbocycles. The maximum absolute atomic E-state index is 12.4. The van der Waals surface area contributed by atoms with E-state index in [9.17, 15) is 19.7 Å². The lowest BCUT2D eigenvalue weighted by atomic mass is 9.98. The molecule has 0 radical (unpaired) electrons. The third-order valence-corrected chi connectivity index (χ3v) is 4.09. The van der Waals surface area contributed by atoms with Crippen molar-refractivity contribution >= 4 is 29.2 Å². The Morgan fingerprint density at radius 1 is 1.50 bits per heavy atom. The van der Waals surface area contributed by atoms with Gasteiger partial charge in [0.15, 0.2) is 11.9 Å². The molecule has 0 aromatic heterocycles. The van der Waals surface area contributed by atoms with Crippen molar-refractivity contribution < 1.29 is 24.4 Å². The number of carboxylic acids is 1. The minimum atomic E-state index is -0.975. The van der Waals surface area contributed by atoms with Crippen LogP contribution >= 0.6 is 11.6 Å². The minimum absolute atomic E-state index is 0.0583. The average Bonchev–Trinajstić information content (AvgIpc) is 2.55. The Kier molecular flexibility index (Phi) is 5.61. The summed E-state index contributed by atoms with van der Waals surface area (Å²) in [6.45, 7) is 2.04. The summed E-state index contributed by atoms with van der Waals surface area (Å²) < 4.78 is 5.43. The first-order chi connectivity index (χ1) is 11.3. The number of hydrogen-bond donors (Lipinski definition) is 1. The van der Waals surface area contributed by atoms with E-state index < -0.39 is 28.8 Å². The first-order valence-electron chi connectivity index (χ1n) is 7.41. The predicted octanol–water partition coefficient (Wildman–Crippen LogP) is 2.34. The van der Waals surface area contributed by atoms with E-state index in [2.05, 4.69) is 0 Å². The third-order valence-electron chi connectivity index (χ3n) is 3.85. The highest BCUT2D eigenvalue weighted by Gasteiger charge is 2.31. The van der Waals surface area contributed by atoms with Crippen LogP contribution in [0.1, 0.15) is 19.8 Å². The maximum Gasteiger partial charge on any atom is 0.312 e. The molecular weight excluding hydrogens is 340 g/mol. The number of rotatable bonds is 5. The number of nitrogens with zero attached hydrogens (tertiary/aromatic N) is 2. The summed E-state index contributed by atoms with van der Waals surface area (Å²) in [5.41, 5.74) is -0.329. The fourth-order valence-electron chi connectivity index (χ4n) is 2.61. The lowest BCUT2D eigenvalue weighted by Crippen LogP contribution is -2.47. The van der Waals surface area contributed by atoms with E-state index in [0.717, 1.165) is 6.07 Å². The molecule has 8 nitrogen and oxygen atoms in total. The normalized spacial score (nSPS) is 18.8. The topological polar surface area (TPSA) is 110 Å². The zero-order chi connectivity index (χ0) is 17.9. The number of carbonyl (C=O) groups excluding carboxylic acids is 1. The van der Waals surface area contributed by atoms with Crippen molar-refractivity contribution in [2.24, 2.45) is 5.92 Å². The van der Waals surface area contributed by atoms with E-state index in [1.165, 1.54) is 24.0 Å². The zero-order valence-electron chi connectivity index (χ0n) is 13.0. The van der Waals surface area contributed by atoms with E-state index in [-0.39, 0.29) is 23.0 Å². The molecule has 1 aliphatic heterocycles. The fraction of sp³-hybridized carbons (Fsp3) is 0.467. The Morgan fingerprint density at radius 2 is 2.21 bits per heavy atom. The van der Waals surface area contributed by atoms with Crippen LogP contribution in [0.3, 0.4) is 0 Å². The molecule has 0 aliphatic carbocycles. The molecule has 1 saturated heterocycles. The van der Waals surface area contributed by atoms with Gasteiger partial charge in [-0.3, -0.25) is 19.7 Å². The Hall–Kier alpha value is -2.35. The summed E-state index contributed by atoms with van der Waals surface area (Å²) >= 11 is 5.74. The van der Waals surface area contributed by atoms with E-state index in [4.69, 9.17) is 21.4 Å². The van der Waals surface area contributed by atoms with Gasteiger partial charge in [-0.2, -0.15) is 0 Å². The first-order valence-corrected chi connectivity index (χ1v) is 7.79. The van der Waals surface area contributed by atoms with Gasteiger partial charge in [-0.15, -0.1) is 0 Å². The van der Waals surface area contributed by atoms with Gasteiger partial charge >= 0.3 is 11.7 Å². The highest BCUT2D eigenvalue weighted by atomic mass is 35.5. The quantitative estimate of drug-likeness (QED) is 0.640. The van der Waals surface area contributed by atoms with Crippen LogP contribution in [-0.2, 0) is 9.59 Å². The lowest BCUT2D eigenvalue weighted by molar-refractivity contribution is -0.386. The third kappa shape index (κ3) is 4.14. The van der Waals surface area contributed by atoms with E-state index in [1.807, 2.05) is 0 Å². The number of piperidine rings is 1.